The number of carbonyl (C=O) groups excluding carboxylic acids is 2. The van der Waals surface area contributed by atoms with Gasteiger partial charge in [0.1, 0.15) is 0 Å². The van der Waals surface area contributed by atoms with Gasteiger partial charge in [-0.05, 0) is 68.1 Å². The van der Waals surface area contributed by atoms with Crippen LogP contribution < -0.4 is 20.1 Å². The molecular formula is C25H30N2O5S. The summed E-state index contributed by atoms with van der Waals surface area (Å²) in [6.45, 7) is 10.9. The van der Waals surface area contributed by atoms with Gasteiger partial charge in [0, 0.05) is 0 Å². The molecule has 0 spiro atoms. The van der Waals surface area contributed by atoms with Crippen LogP contribution in [0.3, 0.4) is 0 Å². The van der Waals surface area contributed by atoms with Crippen molar-refractivity contribution in [1.82, 2.24) is 5.32 Å². The van der Waals surface area contributed by atoms with Gasteiger partial charge in [0.25, 0.3) is 11.8 Å². The normalized spacial score (nSPS) is 11.8. The molecule has 0 aliphatic carbocycles. The summed E-state index contributed by atoms with van der Waals surface area (Å²) < 4.78 is 16.5. The van der Waals surface area contributed by atoms with Gasteiger partial charge in [-0.3, -0.25) is 9.59 Å². The number of amides is 2. The molecule has 1 atom stereocenters. The number of anilines is 1. The van der Waals surface area contributed by atoms with E-state index in [1.54, 1.807) is 18.2 Å². The Hall–Kier alpha value is -3.26. The number of nitrogens with one attached hydrogen (secondary N) is 2. The Kier molecular flexibility index (Phi) is 8.16. The summed E-state index contributed by atoms with van der Waals surface area (Å²) in [7, 11) is 0. The van der Waals surface area contributed by atoms with E-state index >= 15 is 0 Å². The van der Waals surface area contributed by atoms with E-state index in [2.05, 4.69) is 24.5 Å². The lowest BCUT2D eigenvalue weighted by molar-refractivity contribution is 0.0928. The topological polar surface area (TPSA) is 89.8 Å². The van der Waals surface area contributed by atoms with Crippen molar-refractivity contribution in [3.05, 3.63) is 64.4 Å². The first-order chi connectivity index (χ1) is 15.8. The quantitative estimate of drug-likeness (QED) is 0.389. The molecule has 176 valence electrons. The summed E-state index contributed by atoms with van der Waals surface area (Å²) in [5, 5.41) is 6.52. The molecule has 0 saturated heterocycles. The van der Waals surface area contributed by atoms with Gasteiger partial charge in [0.15, 0.2) is 17.3 Å². The van der Waals surface area contributed by atoms with Crippen LogP contribution in [0.4, 0.5) is 5.00 Å². The van der Waals surface area contributed by atoms with E-state index in [1.807, 2.05) is 39.0 Å². The number of rotatable bonds is 10. The third kappa shape index (κ3) is 5.96. The van der Waals surface area contributed by atoms with Crippen LogP contribution in [-0.4, -0.2) is 25.0 Å². The van der Waals surface area contributed by atoms with Gasteiger partial charge in [0.05, 0.1) is 35.4 Å². The van der Waals surface area contributed by atoms with Gasteiger partial charge in [-0.25, -0.2) is 0 Å². The van der Waals surface area contributed by atoms with Gasteiger partial charge >= 0.3 is 0 Å². The highest BCUT2D eigenvalue weighted by atomic mass is 32.1. The summed E-state index contributed by atoms with van der Waals surface area (Å²) >= 11 is 1.23. The molecule has 2 aromatic heterocycles. The fraction of sp³-hybridized carbons (Fsp3) is 0.360. The zero-order valence-corrected chi connectivity index (χ0v) is 20.4. The predicted molar refractivity (Wildman–Crippen MR) is 130 cm³/mol. The SMILES string of the molecule is CCOc1ccc([C@@H](NC(=O)c2sc(NC(=O)c3ccco3)cc2C)C(C)C)cc1OCC. The number of hydrogen-bond donors (Lipinski definition) is 2. The maximum Gasteiger partial charge on any atom is 0.291 e. The minimum absolute atomic E-state index is 0.139. The second kappa shape index (κ2) is 11.0. The lowest BCUT2D eigenvalue weighted by atomic mass is 9.95. The Balaban J connectivity index is 1.79. The van der Waals surface area contributed by atoms with Gasteiger partial charge in [-0.15, -0.1) is 11.3 Å². The second-order valence-corrected chi connectivity index (χ2v) is 8.87. The van der Waals surface area contributed by atoms with E-state index in [0.29, 0.717) is 34.6 Å². The third-order valence-corrected chi connectivity index (χ3v) is 6.14. The third-order valence-electron chi connectivity index (χ3n) is 4.99. The van der Waals surface area contributed by atoms with Crippen molar-refractivity contribution < 1.29 is 23.5 Å². The van der Waals surface area contributed by atoms with Crippen LogP contribution in [0.2, 0.25) is 0 Å². The molecule has 8 heteroatoms. The maximum absolute atomic E-state index is 13.2. The van der Waals surface area contributed by atoms with Crippen LogP contribution in [0.25, 0.3) is 0 Å². The van der Waals surface area contributed by atoms with E-state index < -0.39 is 0 Å². The highest BCUT2D eigenvalue weighted by Gasteiger charge is 2.23. The minimum Gasteiger partial charge on any atom is -0.490 e. The first-order valence-corrected chi connectivity index (χ1v) is 11.8. The van der Waals surface area contributed by atoms with E-state index in [0.717, 1.165) is 11.1 Å². The summed E-state index contributed by atoms with van der Waals surface area (Å²) in [6.07, 6.45) is 1.44. The van der Waals surface area contributed by atoms with Crippen molar-refractivity contribution in [2.24, 2.45) is 5.92 Å². The Morgan fingerprint density at radius 1 is 1.03 bits per heavy atom. The summed E-state index contributed by atoms with van der Waals surface area (Å²) in [5.41, 5.74) is 1.72. The van der Waals surface area contributed by atoms with E-state index in [4.69, 9.17) is 13.9 Å². The number of thiophene rings is 1. The van der Waals surface area contributed by atoms with Crippen molar-refractivity contribution >= 4 is 28.2 Å². The number of carbonyl (C=O) groups is 2. The average Bonchev–Trinajstić information content (AvgIpc) is 3.43. The molecule has 1 aromatic carbocycles. The Morgan fingerprint density at radius 2 is 1.76 bits per heavy atom. The highest BCUT2D eigenvalue weighted by molar-refractivity contribution is 7.18. The highest BCUT2D eigenvalue weighted by Crippen LogP contribution is 2.34. The first kappa shape index (κ1) is 24.4. The standard InChI is InChI=1S/C25H30N2O5S/c1-6-30-18-11-10-17(14-20(18)31-7-2)22(15(3)4)27-25(29)23-16(5)13-21(33-23)26-24(28)19-9-8-12-32-19/h8-15,22H,6-7H2,1-5H3,(H,26,28)(H,27,29)/t22-/m0/s1. The number of aryl methyl sites for hydroxylation is 1. The fourth-order valence-corrected chi connectivity index (χ4v) is 4.42. The van der Waals surface area contributed by atoms with Gasteiger partial charge < -0.3 is 24.5 Å². The molecule has 2 heterocycles. The molecule has 3 aromatic rings. The lowest BCUT2D eigenvalue weighted by Crippen LogP contribution is -2.31. The van der Waals surface area contributed by atoms with Crippen molar-refractivity contribution in [1.29, 1.82) is 0 Å². The summed E-state index contributed by atoms with van der Waals surface area (Å²) in [4.78, 5) is 26.0. The first-order valence-electron chi connectivity index (χ1n) is 11.0. The van der Waals surface area contributed by atoms with E-state index in [1.165, 1.54) is 17.6 Å². The largest absolute Gasteiger partial charge is 0.490 e. The number of ether oxygens (including phenoxy) is 2. The average molecular weight is 471 g/mol. The molecule has 0 radical (unpaired) electrons. The molecule has 2 amide bonds. The van der Waals surface area contributed by atoms with Crippen molar-refractivity contribution in [2.75, 3.05) is 18.5 Å². The number of hydrogen-bond acceptors (Lipinski definition) is 6. The van der Waals surface area contributed by atoms with Crippen LogP contribution in [0.15, 0.2) is 47.1 Å². The molecule has 2 N–H and O–H groups in total. The minimum atomic E-state index is -0.355. The molecule has 0 fully saturated rings. The van der Waals surface area contributed by atoms with Crippen LogP contribution >= 0.6 is 11.3 Å². The molecule has 33 heavy (non-hydrogen) atoms. The number of benzene rings is 1. The molecule has 3 rings (SSSR count). The molecular weight excluding hydrogens is 440 g/mol. The van der Waals surface area contributed by atoms with E-state index in [9.17, 15) is 9.59 Å². The van der Waals surface area contributed by atoms with Crippen molar-refractivity contribution in [2.45, 2.75) is 40.7 Å². The second-order valence-electron chi connectivity index (χ2n) is 7.82. The molecule has 0 aliphatic rings. The predicted octanol–water partition coefficient (Wildman–Crippen LogP) is 5.83. The molecule has 0 saturated carbocycles. The summed E-state index contributed by atoms with van der Waals surface area (Å²) in [6, 6.07) is 10.6. The van der Waals surface area contributed by atoms with Crippen LogP contribution in [0.5, 0.6) is 11.5 Å². The number of furan rings is 1. The summed E-state index contributed by atoms with van der Waals surface area (Å²) in [5.74, 6) is 1.15. The van der Waals surface area contributed by atoms with Crippen molar-refractivity contribution in [3.8, 4) is 11.5 Å². The van der Waals surface area contributed by atoms with Crippen LogP contribution in [0, 0.1) is 12.8 Å². The van der Waals surface area contributed by atoms with Gasteiger partial charge in [-0.1, -0.05) is 19.9 Å². The maximum atomic E-state index is 13.2. The Labute approximate surface area is 198 Å². The zero-order chi connectivity index (χ0) is 24.0. The monoisotopic (exact) mass is 470 g/mol. The van der Waals surface area contributed by atoms with Crippen LogP contribution in [0.1, 0.15) is 65.1 Å². The fourth-order valence-electron chi connectivity index (χ4n) is 3.45. The zero-order valence-electron chi connectivity index (χ0n) is 19.6. The van der Waals surface area contributed by atoms with Gasteiger partial charge in [0.2, 0.25) is 0 Å². The van der Waals surface area contributed by atoms with Crippen molar-refractivity contribution in [3.63, 3.8) is 0 Å². The van der Waals surface area contributed by atoms with Gasteiger partial charge in [-0.2, -0.15) is 0 Å². The molecule has 0 aliphatic heterocycles. The lowest BCUT2D eigenvalue weighted by Gasteiger charge is -2.24. The molecule has 0 unspecified atom stereocenters. The Morgan fingerprint density at radius 3 is 2.39 bits per heavy atom. The smallest absolute Gasteiger partial charge is 0.291 e. The van der Waals surface area contributed by atoms with Crippen LogP contribution in [-0.2, 0) is 0 Å². The molecule has 7 nitrogen and oxygen atoms in total. The molecule has 0 bridgehead atoms. The Bertz CT molecular complexity index is 1090. The van der Waals surface area contributed by atoms with E-state index in [-0.39, 0.29) is 29.5 Å².